The van der Waals surface area contributed by atoms with Crippen LogP contribution in [-0.4, -0.2) is 52.7 Å². The van der Waals surface area contributed by atoms with Crippen LogP contribution in [0.25, 0.3) is 5.57 Å². The molecular weight excluding hydrogens is 314 g/mol. The number of fused-ring (bicyclic) bond motifs is 2. The number of aromatic nitrogens is 1. The van der Waals surface area contributed by atoms with Crippen molar-refractivity contribution >= 4 is 22.0 Å². The molecule has 3 heterocycles. The SMILES string of the molecule is Cn1cccc(C2=CCN3CC2N(OS(=O)(=O)O)C3=O)c1=O. The number of carbonyl (C=O) groups is 1. The molecule has 1 fully saturated rings. The number of carbonyl (C=O) groups excluding carboxylic acids is 1. The highest BCUT2D eigenvalue weighted by Crippen LogP contribution is 2.31. The smallest absolute Gasteiger partial charge is 0.318 e. The molecule has 1 unspecified atom stereocenters. The maximum atomic E-state index is 12.2. The van der Waals surface area contributed by atoms with Gasteiger partial charge < -0.3 is 9.47 Å². The Hall–Kier alpha value is -2.17. The van der Waals surface area contributed by atoms with Crippen LogP contribution in [0.4, 0.5) is 4.79 Å². The van der Waals surface area contributed by atoms with Crippen molar-refractivity contribution in [3.05, 3.63) is 40.3 Å². The van der Waals surface area contributed by atoms with E-state index < -0.39 is 22.5 Å². The lowest BCUT2D eigenvalue weighted by Gasteiger charge is -2.23. The molecule has 0 aromatic carbocycles. The Balaban J connectivity index is 2.04. The second-order valence-electron chi connectivity index (χ2n) is 5.03. The molecule has 0 saturated carbocycles. The summed E-state index contributed by atoms with van der Waals surface area (Å²) in [5.74, 6) is 0. The van der Waals surface area contributed by atoms with E-state index in [0.717, 1.165) is 0 Å². The molecule has 2 bridgehead atoms. The third kappa shape index (κ3) is 2.40. The van der Waals surface area contributed by atoms with Gasteiger partial charge in [-0.05, 0) is 17.7 Å². The third-order valence-corrected chi connectivity index (χ3v) is 3.98. The number of aryl methyl sites for hydroxylation is 1. The number of hydrogen-bond donors (Lipinski definition) is 1. The Morgan fingerprint density at radius 1 is 1.36 bits per heavy atom. The molecule has 0 spiro atoms. The van der Waals surface area contributed by atoms with Gasteiger partial charge in [-0.1, -0.05) is 6.08 Å². The molecule has 1 saturated heterocycles. The predicted molar refractivity (Wildman–Crippen MR) is 74.9 cm³/mol. The Bertz CT molecular complexity index is 828. The predicted octanol–water partition coefficient (Wildman–Crippen LogP) is -0.377. The van der Waals surface area contributed by atoms with Crippen molar-refractivity contribution in [1.29, 1.82) is 0 Å². The Morgan fingerprint density at radius 2 is 2.09 bits per heavy atom. The zero-order valence-corrected chi connectivity index (χ0v) is 12.4. The van der Waals surface area contributed by atoms with Gasteiger partial charge in [-0.3, -0.25) is 9.35 Å². The summed E-state index contributed by atoms with van der Waals surface area (Å²) < 4.78 is 36.4. The molecule has 10 heteroatoms. The van der Waals surface area contributed by atoms with Gasteiger partial charge in [0.1, 0.15) is 6.04 Å². The number of amides is 2. The maximum absolute atomic E-state index is 12.2. The summed E-state index contributed by atoms with van der Waals surface area (Å²) in [6, 6.07) is 1.81. The van der Waals surface area contributed by atoms with Crippen molar-refractivity contribution in [3.8, 4) is 0 Å². The van der Waals surface area contributed by atoms with Gasteiger partial charge in [0.05, 0.1) is 6.54 Å². The first kappa shape index (κ1) is 14.8. The molecule has 2 aliphatic rings. The second kappa shape index (κ2) is 4.93. The molecular formula is C12H13N3O6S. The Morgan fingerprint density at radius 3 is 2.77 bits per heavy atom. The van der Waals surface area contributed by atoms with E-state index in [2.05, 4.69) is 4.28 Å². The van der Waals surface area contributed by atoms with Crippen LogP contribution in [0.5, 0.6) is 0 Å². The van der Waals surface area contributed by atoms with Crippen molar-refractivity contribution in [2.45, 2.75) is 6.04 Å². The van der Waals surface area contributed by atoms with Crippen LogP contribution in [-0.2, 0) is 21.7 Å². The van der Waals surface area contributed by atoms with E-state index in [1.165, 1.54) is 9.47 Å². The van der Waals surface area contributed by atoms with Gasteiger partial charge in [-0.25, -0.2) is 4.79 Å². The van der Waals surface area contributed by atoms with Gasteiger partial charge >= 0.3 is 16.4 Å². The number of nitrogens with zero attached hydrogens (tertiary/aromatic N) is 3. The largest absolute Gasteiger partial charge is 0.418 e. The van der Waals surface area contributed by atoms with Crippen LogP contribution in [0.3, 0.4) is 0 Å². The monoisotopic (exact) mass is 327 g/mol. The van der Waals surface area contributed by atoms with Gasteiger partial charge in [-0.15, -0.1) is 4.28 Å². The van der Waals surface area contributed by atoms with Crippen LogP contribution in [0.1, 0.15) is 5.56 Å². The summed E-state index contributed by atoms with van der Waals surface area (Å²) in [4.78, 5) is 25.6. The van der Waals surface area contributed by atoms with Crippen molar-refractivity contribution in [1.82, 2.24) is 14.5 Å². The average Bonchev–Trinajstić information content (AvgIpc) is 2.67. The van der Waals surface area contributed by atoms with E-state index >= 15 is 0 Å². The van der Waals surface area contributed by atoms with Crippen LogP contribution in [0.15, 0.2) is 29.2 Å². The van der Waals surface area contributed by atoms with Gasteiger partial charge in [0.25, 0.3) is 5.56 Å². The molecule has 2 amide bonds. The number of hydroxylamine groups is 2. The summed E-state index contributed by atoms with van der Waals surface area (Å²) in [7, 11) is -3.24. The van der Waals surface area contributed by atoms with E-state index in [-0.39, 0.29) is 18.6 Å². The summed E-state index contributed by atoms with van der Waals surface area (Å²) in [5, 5.41) is 0.584. The summed E-state index contributed by atoms with van der Waals surface area (Å²) in [6.07, 6.45) is 3.27. The highest BCUT2D eigenvalue weighted by atomic mass is 32.3. The molecule has 0 radical (unpaired) electrons. The fourth-order valence-corrected chi connectivity index (χ4v) is 3.02. The van der Waals surface area contributed by atoms with E-state index in [4.69, 9.17) is 4.55 Å². The number of pyridine rings is 1. The quantitative estimate of drug-likeness (QED) is 0.758. The molecule has 2 aliphatic heterocycles. The molecule has 1 N–H and O–H groups in total. The minimum Gasteiger partial charge on any atom is -0.318 e. The maximum Gasteiger partial charge on any atom is 0.418 e. The van der Waals surface area contributed by atoms with Gasteiger partial charge in [-0.2, -0.15) is 13.5 Å². The normalized spacial score (nSPS) is 21.3. The van der Waals surface area contributed by atoms with Gasteiger partial charge in [0, 0.05) is 25.4 Å². The molecule has 118 valence electrons. The lowest BCUT2D eigenvalue weighted by Crippen LogP contribution is -2.37. The highest BCUT2D eigenvalue weighted by Gasteiger charge is 2.45. The summed E-state index contributed by atoms with van der Waals surface area (Å²) in [5.41, 5.74) is 0.577. The Labute approximate surface area is 125 Å². The zero-order valence-electron chi connectivity index (χ0n) is 11.5. The summed E-state index contributed by atoms with van der Waals surface area (Å²) in [6.45, 7) is 0.409. The molecule has 1 aromatic heterocycles. The minimum atomic E-state index is -4.84. The van der Waals surface area contributed by atoms with Gasteiger partial charge in [0.15, 0.2) is 0 Å². The van der Waals surface area contributed by atoms with E-state index in [0.29, 0.717) is 16.2 Å². The van der Waals surface area contributed by atoms with Gasteiger partial charge in [0.2, 0.25) is 0 Å². The number of hydrogen-bond acceptors (Lipinski definition) is 5. The van der Waals surface area contributed by atoms with Crippen LogP contribution in [0, 0.1) is 0 Å². The zero-order chi connectivity index (χ0) is 16.1. The first-order chi connectivity index (χ1) is 10.3. The first-order valence-corrected chi connectivity index (χ1v) is 7.75. The number of rotatable bonds is 3. The molecule has 0 aliphatic carbocycles. The van der Waals surface area contributed by atoms with Crippen molar-refractivity contribution in [3.63, 3.8) is 0 Å². The van der Waals surface area contributed by atoms with Crippen molar-refractivity contribution < 1.29 is 22.0 Å². The fraction of sp³-hybridized carbons (Fsp3) is 0.333. The van der Waals surface area contributed by atoms with Crippen LogP contribution < -0.4 is 5.56 Å². The lowest BCUT2D eigenvalue weighted by molar-refractivity contribution is -0.0160. The third-order valence-electron chi connectivity index (χ3n) is 3.63. The molecule has 1 atom stereocenters. The fourth-order valence-electron chi connectivity index (χ4n) is 2.65. The molecule has 1 aromatic rings. The van der Waals surface area contributed by atoms with Crippen molar-refractivity contribution in [2.75, 3.05) is 13.1 Å². The van der Waals surface area contributed by atoms with E-state index in [9.17, 15) is 18.0 Å². The average molecular weight is 327 g/mol. The lowest BCUT2D eigenvalue weighted by atomic mass is 9.97. The summed E-state index contributed by atoms with van der Waals surface area (Å²) >= 11 is 0. The standard InChI is InChI=1S/C12H13N3O6S/c1-13-5-2-3-9(11(13)16)8-4-6-14-7-10(8)15(12(14)17)21-22(18,19)20/h2-5,10H,6-7H2,1H3,(H,18,19,20). The van der Waals surface area contributed by atoms with Crippen molar-refractivity contribution in [2.24, 2.45) is 7.05 Å². The van der Waals surface area contributed by atoms with Crippen LogP contribution in [0.2, 0.25) is 0 Å². The molecule has 3 rings (SSSR count). The molecule has 9 nitrogen and oxygen atoms in total. The number of urea groups is 1. The first-order valence-electron chi connectivity index (χ1n) is 6.39. The van der Waals surface area contributed by atoms with E-state index in [1.807, 2.05) is 0 Å². The topological polar surface area (TPSA) is 109 Å². The highest BCUT2D eigenvalue weighted by molar-refractivity contribution is 7.80. The second-order valence-corrected chi connectivity index (χ2v) is 6.03. The Kier molecular flexibility index (Phi) is 3.31. The minimum absolute atomic E-state index is 0.179. The molecule has 22 heavy (non-hydrogen) atoms. The van der Waals surface area contributed by atoms with Crippen LogP contribution >= 0.6 is 0 Å². The van der Waals surface area contributed by atoms with E-state index in [1.54, 1.807) is 31.5 Å².